The molecule has 0 saturated carbocycles. The van der Waals surface area contributed by atoms with Crippen molar-refractivity contribution >= 4 is 23.0 Å². The zero-order valence-electron chi connectivity index (χ0n) is 10.4. The summed E-state index contributed by atoms with van der Waals surface area (Å²) in [5, 5.41) is 0. The second-order valence-electron chi connectivity index (χ2n) is 4.93. The van der Waals surface area contributed by atoms with E-state index in [-0.39, 0.29) is 0 Å². The summed E-state index contributed by atoms with van der Waals surface area (Å²) in [6.07, 6.45) is 3.01. The number of aromatic nitrogens is 1. The van der Waals surface area contributed by atoms with Crippen LogP contribution in [-0.2, 0) is 0 Å². The Morgan fingerprint density at radius 3 is 2.88 bits per heavy atom. The maximum atomic E-state index is 5.75. The van der Waals surface area contributed by atoms with E-state index in [4.69, 9.17) is 18.0 Å². The van der Waals surface area contributed by atoms with Crippen molar-refractivity contribution in [1.82, 2.24) is 4.98 Å². The molecule has 1 aromatic heterocycles. The Hall–Kier alpha value is -1.16. The SMILES string of the molecule is CC1CCN(c2ncccc2C(N)=S)CC1C. The molecule has 0 radical (unpaired) electrons. The van der Waals surface area contributed by atoms with Crippen molar-refractivity contribution in [1.29, 1.82) is 0 Å². The minimum absolute atomic E-state index is 0.430. The molecule has 2 rings (SSSR count). The lowest BCUT2D eigenvalue weighted by Gasteiger charge is -2.36. The van der Waals surface area contributed by atoms with Crippen LogP contribution in [0, 0.1) is 11.8 Å². The molecule has 0 bridgehead atoms. The van der Waals surface area contributed by atoms with Gasteiger partial charge in [0, 0.05) is 19.3 Å². The van der Waals surface area contributed by atoms with Gasteiger partial charge in [0.2, 0.25) is 0 Å². The molecule has 2 N–H and O–H groups in total. The quantitative estimate of drug-likeness (QED) is 0.816. The number of hydrogen-bond acceptors (Lipinski definition) is 3. The van der Waals surface area contributed by atoms with Crippen molar-refractivity contribution in [2.75, 3.05) is 18.0 Å². The standard InChI is InChI=1S/C13H19N3S/c1-9-5-7-16(8-10(9)2)13-11(12(14)17)4-3-6-15-13/h3-4,6,9-10H,5,7-8H2,1-2H3,(H2,14,17). The van der Waals surface area contributed by atoms with E-state index in [0.29, 0.717) is 10.9 Å². The van der Waals surface area contributed by atoms with Gasteiger partial charge in [0.15, 0.2) is 0 Å². The Bertz CT molecular complexity index is 419. The summed E-state index contributed by atoms with van der Waals surface area (Å²) in [6.45, 7) is 6.68. The van der Waals surface area contributed by atoms with Crippen LogP contribution in [0.3, 0.4) is 0 Å². The van der Waals surface area contributed by atoms with Gasteiger partial charge in [0.25, 0.3) is 0 Å². The van der Waals surface area contributed by atoms with E-state index >= 15 is 0 Å². The average molecular weight is 249 g/mol. The number of thiocarbonyl (C=S) groups is 1. The number of rotatable bonds is 2. The topological polar surface area (TPSA) is 42.2 Å². The van der Waals surface area contributed by atoms with Gasteiger partial charge < -0.3 is 10.6 Å². The van der Waals surface area contributed by atoms with E-state index in [0.717, 1.165) is 30.4 Å². The van der Waals surface area contributed by atoms with Gasteiger partial charge in [-0.25, -0.2) is 4.98 Å². The Kier molecular flexibility index (Phi) is 3.62. The van der Waals surface area contributed by atoms with Crippen LogP contribution in [0.5, 0.6) is 0 Å². The van der Waals surface area contributed by atoms with Gasteiger partial charge in [-0.3, -0.25) is 0 Å². The molecule has 1 aromatic rings. The summed E-state index contributed by atoms with van der Waals surface area (Å²) in [5.41, 5.74) is 6.64. The van der Waals surface area contributed by atoms with Crippen molar-refractivity contribution < 1.29 is 0 Å². The van der Waals surface area contributed by atoms with Gasteiger partial charge >= 0.3 is 0 Å². The van der Waals surface area contributed by atoms with Gasteiger partial charge in [-0.2, -0.15) is 0 Å². The Morgan fingerprint density at radius 2 is 2.24 bits per heavy atom. The lowest BCUT2D eigenvalue weighted by atomic mass is 9.88. The molecule has 2 unspecified atom stereocenters. The van der Waals surface area contributed by atoms with Crippen molar-refractivity contribution in [3.8, 4) is 0 Å². The second-order valence-corrected chi connectivity index (χ2v) is 5.37. The van der Waals surface area contributed by atoms with Gasteiger partial charge in [-0.05, 0) is 30.4 Å². The van der Waals surface area contributed by atoms with Crippen LogP contribution < -0.4 is 10.6 Å². The van der Waals surface area contributed by atoms with Crippen molar-refractivity contribution in [3.63, 3.8) is 0 Å². The average Bonchev–Trinajstić information content (AvgIpc) is 2.32. The van der Waals surface area contributed by atoms with Gasteiger partial charge in [0.1, 0.15) is 10.8 Å². The largest absolute Gasteiger partial charge is 0.389 e. The highest BCUT2D eigenvalue weighted by molar-refractivity contribution is 7.80. The molecule has 1 fully saturated rings. The smallest absolute Gasteiger partial charge is 0.138 e. The minimum atomic E-state index is 0.430. The van der Waals surface area contributed by atoms with E-state index in [1.807, 2.05) is 12.1 Å². The molecule has 3 nitrogen and oxygen atoms in total. The second kappa shape index (κ2) is 5.00. The fraction of sp³-hybridized carbons (Fsp3) is 0.538. The molecule has 2 atom stereocenters. The van der Waals surface area contributed by atoms with Crippen LogP contribution >= 0.6 is 12.2 Å². The lowest BCUT2D eigenvalue weighted by Crippen LogP contribution is -2.39. The van der Waals surface area contributed by atoms with E-state index in [1.165, 1.54) is 6.42 Å². The molecule has 92 valence electrons. The van der Waals surface area contributed by atoms with E-state index in [1.54, 1.807) is 6.20 Å². The predicted molar refractivity (Wildman–Crippen MR) is 75.3 cm³/mol. The first-order chi connectivity index (χ1) is 8.09. The normalized spacial score (nSPS) is 24.7. The lowest BCUT2D eigenvalue weighted by molar-refractivity contribution is 0.323. The first-order valence-electron chi connectivity index (χ1n) is 6.09. The molecule has 0 aliphatic carbocycles. The van der Waals surface area contributed by atoms with E-state index in [2.05, 4.69) is 23.7 Å². The number of nitrogens with zero attached hydrogens (tertiary/aromatic N) is 2. The number of anilines is 1. The van der Waals surface area contributed by atoms with Crippen LogP contribution in [0.2, 0.25) is 0 Å². The van der Waals surface area contributed by atoms with Gasteiger partial charge in [0.05, 0.1) is 5.56 Å². The fourth-order valence-corrected chi connectivity index (χ4v) is 2.46. The number of piperidine rings is 1. The summed E-state index contributed by atoms with van der Waals surface area (Å²) in [5.74, 6) is 2.41. The van der Waals surface area contributed by atoms with Crippen LogP contribution in [0.15, 0.2) is 18.3 Å². The van der Waals surface area contributed by atoms with E-state index < -0.39 is 0 Å². The Labute approximate surface area is 108 Å². The van der Waals surface area contributed by atoms with Crippen LogP contribution in [-0.4, -0.2) is 23.1 Å². The van der Waals surface area contributed by atoms with E-state index in [9.17, 15) is 0 Å². The monoisotopic (exact) mass is 249 g/mol. The molecule has 1 saturated heterocycles. The summed E-state index contributed by atoms with van der Waals surface area (Å²) >= 11 is 5.08. The van der Waals surface area contributed by atoms with Crippen LogP contribution in [0.4, 0.5) is 5.82 Å². The van der Waals surface area contributed by atoms with Gasteiger partial charge in [-0.15, -0.1) is 0 Å². The molecular weight excluding hydrogens is 230 g/mol. The third-order valence-corrected chi connectivity index (χ3v) is 3.91. The van der Waals surface area contributed by atoms with Crippen LogP contribution in [0.1, 0.15) is 25.8 Å². The molecular formula is C13H19N3S. The predicted octanol–water partition coefficient (Wildman–Crippen LogP) is 2.20. The maximum absolute atomic E-state index is 5.75. The first kappa shape index (κ1) is 12.3. The molecule has 0 amide bonds. The molecule has 17 heavy (non-hydrogen) atoms. The van der Waals surface area contributed by atoms with Crippen molar-refractivity contribution in [2.45, 2.75) is 20.3 Å². The highest BCUT2D eigenvalue weighted by Crippen LogP contribution is 2.27. The minimum Gasteiger partial charge on any atom is -0.389 e. The Balaban J connectivity index is 2.25. The third kappa shape index (κ3) is 2.57. The first-order valence-corrected chi connectivity index (χ1v) is 6.50. The number of pyridine rings is 1. The molecule has 0 spiro atoms. The number of hydrogen-bond donors (Lipinski definition) is 1. The molecule has 2 heterocycles. The van der Waals surface area contributed by atoms with Crippen LogP contribution in [0.25, 0.3) is 0 Å². The summed E-state index contributed by atoms with van der Waals surface area (Å²) < 4.78 is 0. The molecule has 1 aliphatic rings. The highest BCUT2D eigenvalue weighted by Gasteiger charge is 2.25. The Morgan fingerprint density at radius 1 is 1.47 bits per heavy atom. The molecule has 4 heteroatoms. The highest BCUT2D eigenvalue weighted by atomic mass is 32.1. The molecule has 1 aliphatic heterocycles. The van der Waals surface area contributed by atoms with Gasteiger partial charge in [-0.1, -0.05) is 26.1 Å². The summed E-state index contributed by atoms with van der Waals surface area (Å²) in [6, 6.07) is 3.83. The zero-order chi connectivity index (χ0) is 12.4. The third-order valence-electron chi connectivity index (χ3n) is 3.69. The maximum Gasteiger partial charge on any atom is 0.138 e. The van der Waals surface area contributed by atoms with Crippen molar-refractivity contribution in [2.24, 2.45) is 17.6 Å². The zero-order valence-corrected chi connectivity index (χ0v) is 11.2. The fourth-order valence-electron chi connectivity index (χ4n) is 2.30. The summed E-state index contributed by atoms with van der Waals surface area (Å²) in [4.78, 5) is 7.18. The summed E-state index contributed by atoms with van der Waals surface area (Å²) in [7, 11) is 0. The number of nitrogens with two attached hydrogens (primary N) is 1. The van der Waals surface area contributed by atoms with Crippen molar-refractivity contribution in [3.05, 3.63) is 23.9 Å². The molecule has 0 aromatic carbocycles.